The molecule has 2 fully saturated rings. The van der Waals surface area contributed by atoms with E-state index in [9.17, 15) is 19.5 Å². The first-order chi connectivity index (χ1) is 15.4. The molecule has 176 valence electrons. The molecular weight excluding hydrogens is 412 g/mol. The second-order valence-corrected chi connectivity index (χ2v) is 9.41. The van der Waals surface area contributed by atoms with E-state index in [0.29, 0.717) is 19.6 Å². The van der Waals surface area contributed by atoms with Crippen LogP contribution in [-0.4, -0.2) is 82.3 Å². The number of carbonyl (C=O) groups is 3. The Morgan fingerprint density at radius 1 is 1.19 bits per heavy atom. The first-order valence-corrected chi connectivity index (χ1v) is 11.8. The number of nitrogens with zero attached hydrogens (tertiary/aromatic N) is 2. The molecule has 4 rings (SSSR count). The molecule has 1 unspecified atom stereocenters. The zero-order chi connectivity index (χ0) is 23.0. The lowest BCUT2D eigenvalue weighted by molar-refractivity contribution is -0.156. The van der Waals surface area contributed by atoms with Gasteiger partial charge in [-0.25, -0.2) is 0 Å². The zero-order valence-corrected chi connectivity index (χ0v) is 19.1. The van der Waals surface area contributed by atoms with Crippen LogP contribution in [0.3, 0.4) is 0 Å². The molecule has 4 heterocycles. The van der Waals surface area contributed by atoms with Crippen LogP contribution < -0.4 is 0 Å². The lowest BCUT2D eigenvalue weighted by Crippen LogP contribution is -2.58. The molecule has 2 amide bonds. The third-order valence-electron chi connectivity index (χ3n) is 7.27. The maximum atomic E-state index is 13.9. The number of fused-ring (bicyclic) bond motifs is 2. The van der Waals surface area contributed by atoms with Crippen molar-refractivity contribution in [1.82, 2.24) is 9.80 Å². The van der Waals surface area contributed by atoms with Crippen LogP contribution in [0.1, 0.15) is 46.5 Å². The molecule has 0 saturated carbocycles. The Hall–Kier alpha value is -2.19. The smallest absolute Gasteiger partial charge is 0.312 e. The van der Waals surface area contributed by atoms with Gasteiger partial charge in [0.15, 0.2) is 0 Å². The minimum absolute atomic E-state index is 0.0699. The molecule has 0 aromatic carbocycles. The van der Waals surface area contributed by atoms with Gasteiger partial charge in [-0.2, -0.15) is 0 Å². The summed E-state index contributed by atoms with van der Waals surface area (Å²) in [6, 6.07) is -1.54. The first kappa shape index (κ1) is 23.0. The number of aliphatic hydroxyl groups excluding tert-OH is 1. The topological polar surface area (TPSA) is 96.4 Å². The van der Waals surface area contributed by atoms with Crippen molar-refractivity contribution in [2.45, 2.75) is 76.3 Å². The van der Waals surface area contributed by atoms with E-state index in [-0.39, 0.29) is 24.5 Å². The summed E-state index contributed by atoms with van der Waals surface area (Å²) >= 11 is 0. The second-order valence-electron chi connectivity index (χ2n) is 9.41. The zero-order valence-electron chi connectivity index (χ0n) is 19.1. The van der Waals surface area contributed by atoms with Gasteiger partial charge in [-0.15, -0.1) is 0 Å². The van der Waals surface area contributed by atoms with Crippen LogP contribution in [0.5, 0.6) is 0 Å². The molecule has 32 heavy (non-hydrogen) atoms. The number of ether oxygens (including phenoxy) is 2. The number of aliphatic hydroxyl groups is 1. The average molecular weight is 447 g/mol. The van der Waals surface area contributed by atoms with Gasteiger partial charge >= 0.3 is 5.97 Å². The molecule has 1 N–H and O–H groups in total. The Balaban J connectivity index is 1.85. The average Bonchev–Trinajstić information content (AvgIpc) is 3.15. The Kier molecular flexibility index (Phi) is 6.45. The summed E-state index contributed by atoms with van der Waals surface area (Å²) in [5, 5.41) is 10.0. The van der Waals surface area contributed by atoms with Crippen LogP contribution >= 0.6 is 0 Å². The van der Waals surface area contributed by atoms with Crippen LogP contribution in [0.2, 0.25) is 0 Å². The quantitative estimate of drug-likeness (QED) is 0.518. The third kappa shape index (κ3) is 3.48. The molecule has 4 aliphatic rings. The van der Waals surface area contributed by atoms with Crippen molar-refractivity contribution in [2.75, 3.05) is 19.8 Å². The highest BCUT2D eigenvalue weighted by Gasteiger charge is 2.72. The van der Waals surface area contributed by atoms with E-state index in [1.807, 2.05) is 45.1 Å². The third-order valence-corrected chi connectivity index (χ3v) is 7.27. The predicted molar refractivity (Wildman–Crippen MR) is 116 cm³/mol. The minimum atomic E-state index is -1.27. The van der Waals surface area contributed by atoms with E-state index in [2.05, 4.69) is 0 Å². The molecule has 0 aromatic rings. The van der Waals surface area contributed by atoms with Crippen LogP contribution in [0, 0.1) is 11.8 Å². The molecule has 2 saturated heterocycles. The van der Waals surface area contributed by atoms with Gasteiger partial charge in [0.2, 0.25) is 11.8 Å². The number of cyclic esters (lactones) is 1. The van der Waals surface area contributed by atoms with E-state index in [1.54, 1.807) is 4.90 Å². The first-order valence-electron chi connectivity index (χ1n) is 11.8. The molecule has 0 radical (unpaired) electrons. The van der Waals surface area contributed by atoms with E-state index >= 15 is 0 Å². The molecule has 6 atom stereocenters. The SMILES string of the molecule is CC[C@@H](CO)N1C(=O)[C@@H]2[C@@H]3C(=O)OCCCC/C=C\[C@@H]3O[C@@]23C=CCN(C(C)C)C(=O)C13. The molecule has 0 aromatic heterocycles. The van der Waals surface area contributed by atoms with Gasteiger partial charge in [0, 0.05) is 12.6 Å². The number of likely N-dealkylation sites (tertiary alicyclic amines) is 1. The van der Waals surface area contributed by atoms with Gasteiger partial charge in [-0.1, -0.05) is 31.2 Å². The van der Waals surface area contributed by atoms with Gasteiger partial charge in [-0.05, 0) is 39.5 Å². The van der Waals surface area contributed by atoms with Crippen LogP contribution in [0.25, 0.3) is 0 Å². The number of esters is 1. The Labute approximate surface area is 189 Å². The maximum Gasteiger partial charge on any atom is 0.312 e. The van der Waals surface area contributed by atoms with E-state index in [4.69, 9.17) is 9.47 Å². The van der Waals surface area contributed by atoms with Gasteiger partial charge < -0.3 is 24.4 Å². The van der Waals surface area contributed by atoms with E-state index in [0.717, 1.165) is 19.3 Å². The van der Waals surface area contributed by atoms with Crippen LogP contribution in [0.15, 0.2) is 24.3 Å². The number of hydrogen-bond acceptors (Lipinski definition) is 6. The van der Waals surface area contributed by atoms with Crippen molar-refractivity contribution in [3.8, 4) is 0 Å². The molecule has 8 heteroatoms. The molecule has 0 aliphatic carbocycles. The number of rotatable bonds is 4. The highest BCUT2D eigenvalue weighted by atomic mass is 16.6. The van der Waals surface area contributed by atoms with Gasteiger partial charge in [-0.3, -0.25) is 14.4 Å². The largest absolute Gasteiger partial charge is 0.465 e. The van der Waals surface area contributed by atoms with Gasteiger partial charge in [0.1, 0.15) is 17.6 Å². The minimum Gasteiger partial charge on any atom is -0.465 e. The second kappa shape index (κ2) is 8.98. The number of carbonyl (C=O) groups excluding carboxylic acids is 3. The molecular formula is C24H34N2O6. The summed E-state index contributed by atoms with van der Waals surface area (Å²) < 4.78 is 12.1. The molecule has 0 bridgehead atoms. The number of amides is 2. The predicted octanol–water partition coefficient (Wildman–Crippen LogP) is 1.43. The highest BCUT2D eigenvalue weighted by Crippen LogP contribution is 2.53. The molecule has 4 aliphatic heterocycles. The van der Waals surface area contributed by atoms with Crippen molar-refractivity contribution >= 4 is 17.8 Å². The summed E-state index contributed by atoms with van der Waals surface area (Å²) in [5.41, 5.74) is -1.27. The summed E-state index contributed by atoms with van der Waals surface area (Å²) in [5.74, 6) is -2.70. The van der Waals surface area contributed by atoms with E-state index in [1.165, 1.54) is 4.90 Å². The summed E-state index contributed by atoms with van der Waals surface area (Å²) in [6.07, 6.45) is 9.88. The number of allylic oxidation sites excluding steroid dienone is 1. The highest BCUT2D eigenvalue weighted by molar-refractivity contribution is 5.99. The monoisotopic (exact) mass is 446 g/mol. The maximum absolute atomic E-state index is 13.9. The Bertz CT molecular complexity index is 819. The summed E-state index contributed by atoms with van der Waals surface area (Å²) in [4.78, 5) is 44.1. The number of hydrogen-bond donors (Lipinski definition) is 1. The Morgan fingerprint density at radius 2 is 1.97 bits per heavy atom. The van der Waals surface area contributed by atoms with Crippen molar-refractivity contribution in [3.05, 3.63) is 24.3 Å². The fourth-order valence-electron chi connectivity index (χ4n) is 5.65. The normalized spacial score (nSPS) is 37.0. The van der Waals surface area contributed by atoms with Crippen LogP contribution in [-0.2, 0) is 23.9 Å². The van der Waals surface area contributed by atoms with Crippen molar-refractivity contribution in [2.24, 2.45) is 11.8 Å². The van der Waals surface area contributed by atoms with Crippen molar-refractivity contribution in [3.63, 3.8) is 0 Å². The summed E-state index contributed by atoms with van der Waals surface area (Å²) in [7, 11) is 0. The van der Waals surface area contributed by atoms with Crippen molar-refractivity contribution in [1.29, 1.82) is 0 Å². The standard InChI is InChI=1S/C24H34N2O6/c1-4-16(14-27)26-20-22(29)25(15(2)3)12-9-11-24(20)19(21(26)28)18-17(32-24)10-7-5-6-8-13-31-23(18)30/h7,9-11,15-20,27H,4-6,8,12-14H2,1-3H3/b10-7-/t16-,17-,18+,19-,20?,24-/m0/s1. The van der Waals surface area contributed by atoms with Gasteiger partial charge in [0.25, 0.3) is 0 Å². The van der Waals surface area contributed by atoms with Crippen molar-refractivity contribution < 1.29 is 29.0 Å². The lowest BCUT2D eigenvalue weighted by atomic mass is 9.78. The fourth-order valence-corrected chi connectivity index (χ4v) is 5.65. The molecule has 8 nitrogen and oxygen atoms in total. The summed E-state index contributed by atoms with van der Waals surface area (Å²) in [6.45, 7) is 6.18. The lowest BCUT2D eigenvalue weighted by Gasteiger charge is -2.39. The fraction of sp³-hybridized carbons (Fsp3) is 0.708. The van der Waals surface area contributed by atoms with E-state index < -0.39 is 41.6 Å². The van der Waals surface area contributed by atoms with Gasteiger partial charge in [0.05, 0.1) is 31.3 Å². The Morgan fingerprint density at radius 3 is 2.66 bits per heavy atom. The van der Waals surface area contributed by atoms with Crippen LogP contribution in [0.4, 0.5) is 0 Å². The molecule has 1 spiro atoms.